The van der Waals surface area contributed by atoms with Crippen LogP contribution in [0.5, 0.6) is 0 Å². The molecular weight excluding hydrogens is 306 g/mol. The van der Waals surface area contributed by atoms with Crippen molar-refractivity contribution in [2.24, 2.45) is 5.92 Å². The van der Waals surface area contributed by atoms with E-state index in [2.05, 4.69) is 34.6 Å². The topological polar surface area (TPSA) is 92.1 Å². The average molecular weight is 335 g/mol. The Morgan fingerprint density at radius 2 is 2.04 bits per heavy atom. The molecule has 3 unspecified atom stereocenters. The van der Waals surface area contributed by atoms with Gasteiger partial charge in [-0.05, 0) is 25.7 Å². The van der Waals surface area contributed by atoms with E-state index in [-0.39, 0.29) is 36.6 Å². The van der Waals surface area contributed by atoms with Crippen molar-refractivity contribution >= 4 is 6.03 Å². The first kappa shape index (κ1) is 17.2. The van der Waals surface area contributed by atoms with E-state index < -0.39 is 0 Å². The minimum atomic E-state index is -0.159. The van der Waals surface area contributed by atoms with Gasteiger partial charge in [-0.3, -0.25) is 0 Å². The molecule has 7 heteroatoms. The normalized spacial score (nSPS) is 26.9. The van der Waals surface area contributed by atoms with Crippen molar-refractivity contribution in [3.8, 4) is 0 Å². The number of aryl methyl sites for hydroxylation is 1. The van der Waals surface area contributed by atoms with Crippen LogP contribution in [0.4, 0.5) is 4.79 Å². The number of aliphatic hydroxyl groups excluding tert-OH is 1. The Bertz CT molecular complexity index is 571. The second-order valence-electron chi connectivity index (χ2n) is 7.35. The molecule has 0 spiro atoms. The summed E-state index contributed by atoms with van der Waals surface area (Å²) in [5.41, 5.74) is 0. The second kappa shape index (κ2) is 7.51. The van der Waals surface area contributed by atoms with Crippen LogP contribution in [0.15, 0.2) is 0 Å². The van der Waals surface area contributed by atoms with E-state index in [4.69, 9.17) is 0 Å². The molecule has 7 nitrogen and oxygen atoms in total. The number of nitrogens with one attached hydrogen (secondary N) is 2. The molecule has 1 aliphatic carbocycles. The van der Waals surface area contributed by atoms with Gasteiger partial charge in [-0.1, -0.05) is 26.7 Å². The molecule has 3 rings (SSSR count). The summed E-state index contributed by atoms with van der Waals surface area (Å²) in [6, 6.07) is -0.181. The first-order valence-corrected chi connectivity index (χ1v) is 9.21. The third-order valence-corrected chi connectivity index (χ3v) is 5.17. The molecule has 2 amide bonds. The first-order valence-electron chi connectivity index (χ1n) is 9.21. The van der Waals surface area contributed by atoms with Gasteiger partial charge in [-0.25, -0.2) is 14.5 Å². The van der Waals surface area contributed by atoms with Crippen LogP contribution in [0.3, 0.4) is 0 Å². The summed E-state index contributed by atoms with van der Waals surface area (Å²) in [6.07, 6.45) is 6.04. The van der Waals surface area contributed by atoms with Gasteiger partial charge in [0, 0.05) is 31.0 Å². The molecule has 0 saturated heterocycles. The number of carbonyl (C=O) groups excluding carboxylic acids is 1. The number of amides is 2. The number of carbonyl (C=O) groups is 1. The lowest BCUT2D eigenvalue weighted by Crippen LogP contribution is -2.49. The molecule has 1 aromatic heterocycles. The number of urea groups is 1. The molecule has 0 aromatic carbocycles. The molecular formula is C17H29N5O2. The smallest absolute Gasteiger partial charge is 0.315 e. The van der Waals surface area contributed by atoms with Crippen molar-refractivity contribution < 1.29 is 9.90 Å². The number of rotatable bonds is 4. The van der Waals surface area contributed by atoms with E-state index in [1.54, 1.807) is 0 Å². The van der Waals surface area contributed by atoms with Crippen molar-refractivity contribution in [1.82, 2.24) is 25.4 Å². The number of aromatic nitrogens is 3. The zero-order valence-electron chi connectivity index (χ0n) is 14.7. The lowest BCUT2D eigenvalue weighted by molar-refractivity contribution is 0.152. The summed E-state index contributed by atoms with van der Waals surface area (Å²) in [5, 5.41) is 20.2. The summed E-state index contributed by atoms with van der Waals surface area (Å²) in [7, 11) is 0. The fourth-order valence-electron chi connectivity index (χ4n) is 3.73. The summed E-state index contributed by atoms with van der Waals surface area (Å²) < 4.78 is 1.93. The predicted molar refractivity (Wildman–Crippen MR) is 90.6 cm³/mol. The van der Waals surface area contributed by atoms with Gasteiger partial charge in [0.2, 0.25) is 0 Å². The Labute approximate surface area is 143 Å². The minimum absolute atomic E-state index is 0.0661. The number of hydrogen-bond acceptors (Lipinski definition) is 4. The van der Waals surface area contributed by atoms with Crippen LogP contribution in [0, 0.1) is 5.92 Å². The van der Waals surface area contributed by atoms with Crippen LogP contribution in [0.25, 0.3) is 0 Å². The molecule has 0 radical (unpaired) electrons. The van der Waals surface area contributed by atoms with Crippen LogP contribution in [0.1, 0.15) is 76.0 Å². The van der Waals surface area contributed by atoms with E-state index in [1.165, 1.54) is 0 Å². The Balaban J connectivity index is 1.63. The molecule has 1 fully saturated rings. The number of hydrogen-bond donors (Lipinski definition) is 3. The van der Waals surface area contributed by atoms with Crippen LogP contribution in [-0.2, 0) is 6.54 Å². The number of aliphatic hydroxyl groups is 1. The molecule has 134 valence electrons. The number of nitrogens with zero attached hydrogens (tertiary/aromatic N) is 3. The summed E-state index contributed by atoms with van der Waals surface area (Å²) in [4.78, 5) is 17.1. The van der Waals surface area contributed by atoms with Crippen molar-refractivity contribution in [2.75, 3.05) is 6.61 Å². The van der Waals surface area contributed by atoms with E-state index >= 15 is 0 Å². The van der Waals surface area contributed by atoms with Crippen molar-refractivity contribution in [3.05, 3.63) is 11.6 Å². The largest absolute Gasteiger partial charge is 0.396 e. The van der Waals surface area contributed by atoms with E-state index in [9.17, 15) is 9.90 Å². The third kappa shape index (κ3) is 3.71. The minimum Gasteiger partial charge on any atom is -0.396 e. The zero-order valence-corrected chi connectivity index (χ0v) is 14.7. The van der Waals surface area contributed by atoms with Gasteiger partial charge in [0.25, 0.3) is 0 Å². The SMILES string of the molecule is CC(C)c1nc2n(n1)CCCC2NC(=O)NC1CCCCC1CO. The van der Waals surface area contributed by atoms with E-state index in [0.29, 0.717) is 0 Å². The third-order valence-electron chi connectivity index (χ3n) is 5.17. The average Bonchev–Trinajstić information content (AvgIpc) is 3.01. The quantitative estimate of drug-likeness (QED) is 0.785. The van der Waals surface area contributed by atoms with Crippen LogP contribution >= 0.6 is 0 Å². The molecule has 2 aliphatic rings. The highest BCUT2D eigenvalue weighted by Gasteiger charge is 2.29. The monoisotopic (exact) mass is 335 g/mol. The first-order chi connectivity index (χ1) is 11.6. The standard InChI is InChI=1S/C17H29N5O2/c1-11(2)15-20-16-14(8-5-9-22(16)21-15)19-17(24)18-13-7-4-3-6-12(13)10-23/h11-14,23H,3-10H2,1-2H3,(H2,18,19,24). The second-order valence-corrected chi connectivity index (χ2v) is 7.35. The molecule has 0 bridgehead atoms. The lowest BCUT2D eigenvalue weighted by Gasteiger charge is -2.32. The van der Waals surface area contributed by atoms with E-state index in [1.807, 2.05) is 4.68 Å². The summed E-state index contributed by atoms with van der Waals surface area (Å²) in [6.45, 7) is 5.16. The Morgan fingerprint density at radius 3 is 2.79 bits per heavy atom. The van der Waals surface area contributed by atoms with Gasteiger partial charge in [0.05, 0.1) is 6.04 Å². The van der Waals surface area contributed by atoms with Gasteiger partial charge in [0.1, 0.15) is 5.82 Å². The van der Waals surface area contributed by atoms with Gasteiger partial charge in [-0.15, -0.1) is 0 Å². The van der Waals surface area contributed by atoms with Crippen molar-refractivity contribution in [2.45, 2.75) is 76.9 Å². The summed E-state index contributed by atoms with van der Waals surface area (Å²) >= 11 is 0. The Hall–Kier alpha value is -1.63. The van der Waals surface area contributed by atoms with Gasteiger partial charge >= 0.3 is 6.03 Å². The fraction of sp³-hybridized carbons (Fsp3) is 0.824. The Kier molecular flexibility index (Phi) is 5.38. The zero-order chi connectivity index (χ0) is 17.1. The maximum Gasteiger partial charge on any atom is 0.315 e. The maximum atomic E-state index is 12.4. The van der Waals surface area contributed by atoms with Crippen molar-refractivity contribution in [1.29, 1.82) is 0 Å². The van der Waals surface area contributed by atoms with E-state index in [0.717, 1.165) is 56.7 Å². The molecule has 2 heterocycles. The van der Waals surface area contributed by atoms with Crippen molar-refractivity contribution in [3.63, 3.8) is 0 Å². The molecule has 24 heavy (non-hydrogen) atoms. The molecule has 3 atom stereocenters. The van der Waals surface area contributed by atoms with Gasteiger partial charge in [0.15, 0.2) is 5.82 Å². The van der Waals surface area contributed by atoms with Crippen LogP contribution in [0.2, 0.25) is 0 Å². The van der Waals surface area contributed by atoms with Gasteiger partial charge < -0.3 is 15.7 Å². The fourth-order valence-corrected chi connectivity index (χ4v) is 3.73. The molecule has 1 saturated carbocycles. The molecule has 1 aromatic rings. The van der Waals surface area contributed by atoms with Gasteiger partial charge in [-0.2, -0.15) is 5.10 Å². The molecule has 1 aliphatic heterocycles. The maximum absolute atomic E-state index is 12.4. The lowest BCUT2D eigenvalue weighted by atomic mass is 9.85. The highest BCUT2D eigenvalue weighted by molar-refractivity contribution is 5.74. The van der Waals surface area contributed by atoms with Crippen LogP contribution in [-0.4, -0.2) is 38.6 Å². The summed E-state index contributed by atoms with van der Waals surface area (Å²) in [5.74, 6) is 2.16. The Morgan fingerprint density at radius 1 is 1.25 bits per heavy atom. The number of fused-ring (bicyclic) bond motifs is 1. The molecule has 3 N–H and O–H groups in total. The highest BCUT2D eigenvalue weighted by atomic mass is 16.3. The predicted octanol–water partition coefficient (Wildman–Crippen LogP) is 2.09. The van der Waals surface area contributed by atoms with Crippen LogP contribution < -0.4 is 10.6 Å². The highest BCUT2D eigenvalue weighted by Crippen LogP contribution is 2.26.